The lowest BCUT2D eigenvalue weighted by Gasteiger charge is -2.09. The summed E-state index contributed by atoms with van der Waals surface area (Å²) in [5.74, 6) is -1.37. The molecule has 9 nitrogen and oxygen atoms in total. The highest BCUT2D eigenvalue weighted by molar-refractivity contribution is 7.13. The van der Waals surface area contributed by atoms with Crippen LogP contribution in [0.1, 0.15) is 19.8 Å². The largest absolute Gasteiger partial charge is 0.465 e. The lowest BCUT2D eigenvalue weighted by Crippen LogP contribution is -2.28. The van der Waals surface area contributed by atoms with E-state index in [0.29, 0.717) is 5.13 Å². The zero-order valence-corrected chi connectivity index (χ0v) is 14.9. The summed E-state index contributed by atoms with van der Waals surface area (Å²) >= 11 is 1.27. The van der Waals surface area contributed by atoms with Crippen LogP contribution in [0.15, 0.2) is 34.7 Å². The number of aromatic nitrogens is 2. The molecule has 0 atom stereocenters. The van der Waals surface area contributed by atoms with Crippen molar-refractivity contribution >= 4 is 39.9 Å². The first-order valence-electron chi connectivity index (χ1n) is 7.84. The second kappa shape index (κ2) is 9.47. The van der Waals surface area contributed by atoms with E-state index in [2.05, 4.69) is 15.6 Å². The standard InChI is InChI=1S/C16H18N4O5S/c1-2-25-14(23)10-20-8-3-4-11(15(20)24)18-12(21)5-6-13(22)19-16-17-7-9-26-16/h3-4,7-9H,2,5-6,10H2,1H3,(H,18,21)(H,17,19,22). The maximum absolute atomic E-state index is 12.2. The maximum Gasteiger partial charge on any atom is 0.326 e. The monoisotopic (exact) mass is 378 g/mol. The summed E-state index contributed by atoms with van der Waals surface area (Å²) in [6.45, 7) is 1.64. The lowest BCUT2D eigenvalue weighted by molar-refractivity contribution is -0.143. The minimum Gasteiger partial charge on any atom is -0.465 e. The number of hydrogen-bond acceptors (Lipinski definition) is 7. The van der Waals surface area contributed by atoms with Crippen LogP contribution in [-0.4, -0.2) is 33.9 Å². The Balaban J connectivity index is 1.89. The SMILES string of the molecule is CCOC(=O)Cn1cccc(NC(=O)CCC(=O)Nc2nccs2)c1=O. The van der Waals surface area contributed by atoms with E-state index in [1.807, 2.05) is 0 Å². The van der Waals surface area contributed by atoms with Crippen molar-refractivity contribution in [1.29, 1.82) is 0 Å². The number of ether oxygens (including phenoxy) is 1. The average molecular weight is 378 g/mol. The van der Waals surface area contributed by atoms with Gasteiger partial charge in [0.05, 0.1) is 6.61 Å². The Hall–Kier alpha value is -3.01. The molecule has 0 aliphatic heterocycles. The van der Waals surface area contributed by atoms with Crippen LogP contribution >= 0.6 is 11.3 Å². The Kier molecular flexibility index (Phi) is 7.03. The van der Waals surface area contributed by atoms with Crippen molar-refractivity contribution < 1.29 is 19.1 Å². The number of pyridine rings is 1. The first kappa shape index (κ1) is 19.3. The molecule has 2 amide bonds. The molecule has 26 heavy (non-hydrogen) atoms. The molecule has 0 radical (unpaired) electrons. The third kappa shape index (κ3) is 5.81. The van der Waals surface area contributed by atoms with Crippen LogP contribution in [-0.2, 0) is 25.7 Å². The molecular formula is C16H18N4O5S. The van der Waals surface area contributed by atoms with E-state index in [4.69, 9.17) is 4.74 Å². The summed E-state index contributed by atoms with van der Waals surface area (Å²) in [5, 5.41) is 7.20. The van der Waals surface area contributed by atoms with Crippen LogP contribution in [0.25, 0.3) is 0 Å². The molecule has 0 saturated carbocycles. The number of carbonyl (C=O) groups is 3. The number of rotatable bonds is 8. The van der Waals surface area contributed by atoms with Gasteiger partial charge in [0.15, 0.2) is 5.13 Å². The van der Waals surface area contributed by atoms with Gasteiger partial charge in [0.1, 0.15) is 12.2 Å². The van der Waals surface area contributed by atoms with Crippen molar-refractivity contribution in [2.24, 2.45) is 0 Å². The van der Waals surface area contributed by atoms with Crippen LogP contribution in [0.4, 0.5) is 10.8 Å². The number of nitrogens with zero attached hydrogens (tertiary/aromatic N) is 2. The van der Waals surface area contributed by atoms with Gasteiger partial charge in [-0.3, -0.25) is 19.2 Å². The molecule has 2 aromatic rings. The number of hydrogen-bond donors (Lipinski definition) is 2. The quantitative estimate of drug-likeness (QED) is 0.667. The molecule has 0 bridgehead atoms. The molecular weight excluding hydrogens is 360 g/mol. The molecule has 0 spiro atoms. The molecule has 0 aliphatic carbocycles. The van der Waals surface area contributed by atoms with Gasteiger partial charge in [0.25, 0.3) is 5.56 Å². The summed E-state index contributed by atoms with van der Waals surface area (Å²) < 4.78 is 5.94. The van der Waals surface area contributed by atoms with E-state index < -0.39 is 17.4 Å². The molecule has 2 heterocycles. The van der Waals surface area contributed by atoms with Gasteiger partial charge in [-0.1, -0.05) is 0 Å². The molecule has 0 aliphatic rings. The van der Waals surface area contributed by atoms with Gasteiger partial charge in [-0.2, -0.15) is 0 Å². The van der Waals surface area contributed by atoms with E-state index in [9.17, 15) is 19.2 Å². The summed E-state index contributed by atoms with van der Waals surface area (Å²) in [7, 11) is 0. The van der Waals surface area contributed by atoms with Crippen molar-refractivity contribution in [2.45, 2.75) is 26.3 Å². The fourth-order valence-electron chi connectivity index (χ4n) is 2.01. The Morgan fingerprint density at radius 1 is 1.23 bits per heavy atom. The van der Waals surface area contributed by atoms with Crippen LogP contribution in [0.5, 0.6) is 0 Å². The van der Waals surface area contributed by atoms with Crippen molar-refractivity contribution in [3.8, 4) is 0 Å². The van der Waals surface area contributed by atoms with E-state index in [1.165, 1.54) is 29.7 Å². The predicted octanol–water partition coefficient (Wildman–Crippen LogP) is 1.23. The van der Waals surface area contributed by atoms with Crippen molar-refractivity contribution in [1.82, 2.24) is 9.55 Å². The Morgan fingerprint density at radius 2 is 1.96 bits per heavy atom. The Morgan fingerprint density at radius 3 is 2.62 bits per heavy atom. The minimum atomic E-state index is -0.545. The van der Waals surface area contributed by atoms with Gasteiger partial charge in [0.2, 0.25) is 11.8 Å². The minimum absolute atomic E-state index is 0.0298. The number of carbonyl (C=O) groups excluding carboxylic acids is 3. The molecule has 2 rings (SSSR count). The summed E-state index contributed by atoms with van der Waals surface area (Å²) in [6, 6.07) is 2.96. The molecule has 10 heteroatoms. The zero-order valence-electron chi connectivity index (χ0n) is 14.1. The number of amides is 2. The molecule has 2 N–H and O–H groups in total. The highest BCUT2D eigenvalue weighted by Gasteiger charge is 2.12. The number of esters is 1. The van der Waals surface area contributed by atoms with E-state index in [0.717, 1.165) is 4.57 Å². The van der Waals surface area contributed by atoms with Gasteiger partial charge in [0, 0.05) is 30.6 Å². The Bertz CT molecular complexity index is 831. The first-order valence-corrected chi connectivity index (χ1v) is 8.72. The Labute approximate surface area is 153 Å². The van der Waals surface area contributed by atoms with Gasteiger partial charge in [-0.25, -0.2) is 4.98 Å². The molecule has 0 unspecified atom stereocenters. The normalized spacial score (nSPS) is 10.2. The smallest absolute Gasteiger partial charge is 0.326 e. The fraction of sp³-hybridized carbons (Fsp3) is 0.312. The molecule has 0 saturated heterocycles. The van der Waals surface area contributed by atoms with Crippen molar-refractivity contribution in [3.05, 3.63) is 40.3 Å². The van der Waals surface area contributed by atoms with Gasteiger partial charge in [-0.05, 0) is 19.1 Å². The van der Waals surface area contributed by atoms with Gasteiger partial charge < -0.3 is 19.9 Å². The lowest BCUT2D eigenvalue weighted by atomic mass is 10.2. The highest BCUT2D eigenvalue weighted by Crippen LogP contribution is 2.11. The number of nitrogens with one attached hydrogen (secondary N) is 2. The molecule has 2 aromatic heterocycles. The van der Waals surface area contributed by atoms with Gasteiger partial charge >= 0.3 is 5.97 Å². The van der Waals surface area contributed by atoms with Crippen molar-refractivity contribution in [2.75, 3.05) is 17.2 Å². The third-order valence-electron chi connectivity index (χ3n) is 3.16. The van der Waals surface area contributed by atoms with Crippen LogP contribution in [0.3, 0.4) is 0 Å². The predicted molar refractivity (Wildman–Crippen MR) is 95.9 cm³/mol. The van der Waals surface area contributed by atoms with E-state index in [1.54, 1.807) is 18.5 Å². The third-order valence-corrected chi connectivity index (χ3v) is 3.85. The summed E-state index contributed by atoms with van der Waals surface area (Å²) in [6.07, 6.45) is 2.85. The number of thiazole rings is 1. The first-order chi connectivity index (χ1) is 12.5. The summed E-state index contributed by atoms with van der Waals surface area (Å²) in [4.78, 5) is 51.3. The fourth-order valence-corrected chi connectivity index (χ4v) is 2.55. The van der Waals surface area contributed by atoms with Crippen LogP contribution in [0, 0.1) is 0 Å². The maximum atomic E-state index is 12.2. The molecule has 0 fully saturated rings. The van der Waals surface area contributed by atoms with Gasteiger partial charge in [-0.15, -0.1) is 11.3 Å². The molecule has 138 valence electrons. The van der Waals surface area contributed by atoms with Crippen molar-refractivity contribution in [3.63, 3.8) is 0 Å². The average Bonchev–Trinajstić information content (AvgIpc) is 3.10. The van der Waals surface area contributed by atoms with Crippen LogP contribution < -0.4 is 16.2 Å². The molecule has 0 aromatic carbocycles. The van der Waals surface area contributed by atoms with Crippen LogP contribution in [0.2, 0.25) is 0 Å². The second-order valence-corrected chi connectivity index (χ2v) is 5.99. The second-order valence-electron chi connectivity index (χ2n) is 5.09. The zero-order chi connectivity index (χ0) is 18.9. The van der Waals surface area contributed by atoms with E-state index in [-0.39, 0.29) is 37.6 Å². The summed E-state index contributed by atoms with van der Waals surface area (Å²) in [5.41, 5.74) is -0.497. The van der Waals surface area contributed by atoms with E-state index >= 15 is 0 Å². The highest BCUT2D eigenvalue weighted by atomic mass is 32.1. The number of anilines is 2. The topological polar surface area (TPSA) is 119 Å².